The molecule has 16 heavy (non-hydrogen) atoms. The number of likely N-dealkylation sites (N-methyl/N-ethyl adjacent to an activating group) is 1. The van der Waals surface area contributed by atoms with Crippen molar-refractivity contribution in [1.82, 2.24) is 5.32 Å². The summed E-state index contributed by atoms with van der Waals surface area (Å²) in [5, 5.41) is 21.5. The molecule has 1 aromatic carbocycles. The van der Waals surface area contributed by atoms with Gasteiger partial charge in [-0.2, -0.15) is 0 Å². The van der Waals surface area contributed by atoms with Gasteiger partial charge in [-0.3, -0.25) is 10.1 Å². The molecule has 0 fully saturated rings. The number of hydrogen-bond donors (Lipinski definition) is 3. The monoisotopic (exact) mass is 243 g/mol. The van der Waals surface area contributed by atoms with Crippen LogP contribution >= 0.6 is 11.6 Å². The third-order valence-electron chi connectivity index (χ3n) is 2.32. The molecule has 0 saturated heterocycles. The summed E-state index contributed by atoms with van der Waals surface area (Å²) in [6.45, 7) is 1.82. The number of aromatic hydroxyl groups is 2. The third kappa shape index (κ3) is 2.46. The normalized spacial score (nSPS) is 12.4. The fourth-order valence-electron chi connectivity index (χ4n) is 1.37. The van der Waals surface area contributed by atoms with Crippen LogP contribution in [0.25, 0.3) is 0 Å². The molecule has 0 aliphatic carbocycles. The van der Waals surface area contributed by atoms with Gasteiger partial charge in [-0.05, 0) is 31.2 Å². The minimum absolute atomic E-state index is 0.186. The Balaban J connectivity index is 3.16. The molecular formula is C11H14ClNO3. The molecule has 0 bridgehead atoms. The Morgan fingerprint density at radius 1 is 1.50 bits per heavy atom. The number of Topliss-reactive ketones (excluding diaryl/α,β-unsaturated/α-hetero) is 1. The molecule has 0 aliphatic heterocycles. The number of halogens is 1. The van der Waals surface area contributed by atoms with Gasteiger partial charge in [0.05, 0.1) is 0 Å². The Morgan fingerprint density at radius 3 is 2.62 bits per heavy atom. The molecule has 1 aromatic rings. The number of carbonyl (C=O) groups is 1. The number of nitrogens with one attached hydrogen (secondary N) is 1. The van der Waals surface area contributed by atoms with E-state index in [2.05, 4.69) is 5.32 Å². The van der Waals surface area contributed by atoms with Crippen LogP contribution in [-0.2, 0) is 6.42 Å². The van der Waals surface area contributed by atoms with Gasteiger partial charge in [-0.1, -0.05) is 18.5 Å². The molecule has 0 spiro atoms. The van der Waals surface area contributed by atoms with E-state index in [9.17, 15) is 15.0 Å². The lowest BCUT2D eigenvalue weighted by Crippen LogP contribution is -2.28. The second-order valence-electron chi connectivity index (χ2n) is 3.37. The molecule has 0 saturated carbocycles. The zero-order chi connectivity index (χ0) is 12.3. The molecule has 5 heteroatoms. The Labute approximate surface area is 98.9 Å². The van der Waals surface area contributed by atoms with Crippen LogP contribution in [0.3, 0.4) is 0 Å². The van der Waals surface area contributed by atoms with Gasteiger partial charge in [-0.25, -0.2) is 0 Å². The molecule has 0 heterocycles. The average molecular weight is 244 g/mol. The van der Waals surface area contributed by atoms with E-state index in [4.69, 9.17) is 11.6 Å². The van der Waals surface area contributed by atoms with Crippen LogP contribution in [-0.4, -0.2) is 28.5 Å². The smallest absolute Gasteiger partial charge is 0.195 e. The third-order valence-corrected chi connectivity index (χ3v) is 2.73. The number of hydrogen-bond acceptors (Lipinski definition) is 4. The van der Waals surface area contributed by atoms with Crippen LogP contribution in [0.4, 0.5) is 0 Å². The van der Waals surface area contributed by atoms with Crippen LogP contribution in [0.15, 0.2) is 12.1 Å². The van der Waals surface area contributed by atoms with E-state index in [1.54, 1.807) is 7.05 Å². The Bertz CT molecular complexity index is 406. The summed E-state index contributed by atoms with van der Waals surface area (Å²) in [5.41, 5.74) is -0.0431. The van der Waals surface area contributed by atoms with E-state index >= 15 is 0 Å². The first kappa shape index (κ1) is 12.8. The lowest BCUT2D eigenvalue weighted by molar-refractivity contribution is 0.0978. The van der Waals surface area contributed by atoms with Crippen LogP contribution in [0.5, 0.6) is 11.5 Å². The molecule has 88 valence electrons. The van der Waals surface area contributed by atoms with Crippen molar-refractivity contribution in [2.75, 3.05) is 7.05 Å². The highest BCUT2D eigenvalue weighted by molar-refractivity contribution is 6.33. The Hall–Kier alpha value is -1.26. The zero-order valence-corrected chi connectivity index (χ0v) is 9.88. The van der Waals surface area contributed by atoms with E-state index in [-0.39, 0.29) is 22.8 Å². The number of phenols is 2. The maximum atomic E-state index is 11.7. The van der Waals surface area contributed by atoms with E-state index in [1.165, 1.54) is 12.1 Å². The SMILES string of the molecule is CCc1cc(C(=O)C(Cl)NC)cc(O)c1O. The minimum atomic E-state index is -0.839. The first-order valence-corrected chi connectivity index (χ1v) is 5.35. The summed E-state index contributed by atoms with van der Waals surface area (Å²) in [4.78, 5) is 11.7. The van der Waals surface area contributed by atoms with Gasteiger partial charge in [-0.15, -0.1) is 0 Å². The van der Waals surface area contributed by atoms with Gasteiger partial charge in [0, 0.05) is 5.56 Å². The van der Waals surface area contributed by atoms with E-state index in [0.29, 0.717) is 12.0 Å². The first-order chi connectivity index (χ1) is 7.51. The molecule has 0 amide bonds. The second-order valence-corrected chi connectivity index (χ2v) is 3.81. The summed E-state index contributed by atoms with van der Waals surface area (Å²) >= 11 is 5.73. The average Bonchev–Trinajstić information content (AvgIpc) is 2.30. The maximum Gasteiger partial charge on any atom is 0.195 e. The summed E-state index contributed by atoms with van der Waals surface area (Å²) in [5.74, 6) is -0.827. The fraction of sp³-hybridized carbons (Fsp3) is 0.364. The Kier molecular flexibility index (Phi) is 4.15. The maximum absolute atomic E-state index is 11.7. The lowest BCUT2D eigenvalue weighted by atomic mass is 10.0. The van der Waals surface area contributed by atoms with Crippen molar-refractivity contribution in [3.8, 4) is 11.5 Å². The molecular weight excluding hydrogens is 230 g/mol. The van der Waals surface area contributed by atoms with Crippen molar-refractivity contribution in [3.05, 3.63) is 23.3 Å². The standard InChI is InChI=1S/C11H14ClNO3/c1-3-6-4-7(5-8(14)9(6)15)10(16)11(12)13-2/h4-5,11,13-15H,3H2,1-2H3. The van der Waals surface area contributed by atoms with E-state index in [1.807, 2.05) is 6.92 Å². The van der Waals surface area contributed by atoms with E-state index < -0.39 is 5.50 Å². The molecule has 0 aromatic heterocycles. The second kappa shape index (κ2) is 5.18. The number of carbonyl (C=O) groups excluding carboxylic acids is 1. The number of benzene rings is 1. The number of alkyl halides is 1. The molecule has 3 N–H and O–H groups in total. The van der Waals surface area contributed by atoms with Crippen LogP contribution < -0.4 is 5.32 Å². The molecule has 1 rings (SSSR count). The summed E-state index contributed by atoms with van der Waals surface area (Å²) in [6.07, 6.45) is 0.521. The molecule has 1 unspecified atom stereocenters. The predicted octanol–water partition coefficient (Wildman–Crippen LogP) is 1.63. The molecule has 1 atom stereocenters. The number of phenolic OH excluding ortho intramolecular Hbond substituents is 2. The molecule has 4 nitrogen and oxygen atoms in total. The van der Waals surface area contributed by atoms with Crippen LogP contribution in [0.1, 0.15) is 22.8 Å². The minimum Gasteiger partial charge on any atom is -0.504 e. The van der Waals surface area contributed by atoms with Gasteiger partial charge < -0.3 is 10.2 Å². The lowest BCUT2D eigenvalue weighted by Gasteiger charge is -2.10. The van der Waals surface area contributed by atoms with Crippen LogP contribution in [0, 0.1) is 0 Å². The van der Waals surface area contributed by atoms with Crippen molar-refractivity contribution in [2.24, 2.45) is 0 Å². The molecule has 0 aliphatic rings. The summed E-state index contributed by atoms with van der Waals surface area (Å²) in [6, 6.07) is 2.74. The van der Waals surface area contributed by atoms with Crippen molar-refractivity contribution >= 4 is 17.4 Å². The molecule has 0 radical (unpaired) electrons. The highest BCUT2D eigenvalue weighted by Gasteiger charge is 2.18. The summed E-state index contributed by atoms with van der Waals surface area (Å²) < 4.78 is 0. The number of ketones is 1. The fourth-order valence-corrected chi connectivity index (χ4v) is 1.49. The number of aryl methyl sites for hydroxylation is 1. The van der Waals surface area contributed by atoms with Crippen molar-refractivity contribution in [1.29, 1.82) is 0 Å². The number of rotatable bonds is 4. The van der Waals surface area contributed by atoms with Gasteiger partial charge >= 0.3 is 0 Å². The van der Waals surface area contributed by atoms with Crippen LogP contribution in [0.2, 0.25) is 0 Å². The van der Waals surface area contributed by atoms with Crippen molar-refractivity contribution in [2.45, 2.75) is 18.8 Å². The largest absolute Gasteiger partial charge is 0.504 e. The predicted molar refractivity (Wildman–Crippen MR) is 62.2 cm³/mol. The van der Waals surface area contributed by atoms with Gasteiger partial charge in [0.25, 0.3) is 0 Å². The highest BCUT2D eigenvalue weighted by Crippen LogP contribution is 2.31. The topological polar surface area (TPSA) is 69.6 Å². The van der Waals surface area contributed by atoms with Crippen molar-refractivity contribution in [3.63, 3.8) is 0 Å². The summed E-state index contributed by atoms with van der Waals surface area (Å²) in [7, 11) is 1.57. The highest BCUT2D eigenvalue weighted by atomic mass is 35.5. The van der Waals surface area contributed by atoms with E-state index in [0.717, 1.165) is 0 Å². The zero-order valence-electron chi connectivity index (χ0n) is 9.12. The van der Waals surface area contributed by atoms with Gasteiger partial charge in [0.1, 0.15) is 5.50 Å². The first-order valence-electron chi connectivity index (χ1n) is 4.91. The van der Waals surface area contributed by atoms with Gasteiger partial charge in [0.15, 0.2) is 17.3 Å². The quantitative estimate of drug-likeness (QED) is 0.325. The Morgan fingerprint density at radius 2 is 2.12 bits per heavy atom. The van der Waals surface area contributed by atoms with Crippen molar-refractivity contribution < 1.29 is 15.0 Å². The van der Waals surface area contributed by atoms with Gasteiger partial charge in [0.2, 0.25) is 0 Å².